The fourth-order valence-corrected chi connectivity index (χ4v) is 3.05. The van der Waals surface area contributed by atoms with Crippen LogP contribution in [0.1, 0.15) is 12.8 Å². The fraction of sp³-hybridized carbons (Fsp3) is 0.312. The monoisotopic (exact) mass is 361 g/mol. The summed E-state index contributed by atoms with van der Waals surface area (Å²) in [5.41, 5.74) is 0.463. The van der Waals surface area contributed by atoms with Gasteiger partial charge in [-0.25, -0.2) is 9.97 Å². The lowest BCUT2D eigenvalue weighted by Crippen LogP contribution is -2.39. The third-order valence-corrected chi connectivity index (χ3v) is 4.42. The molecule has 8 nitrogen and oxygen atoms in total. The number of hydrogen-bond donors (Lipinski definition) is 1. The first-order valence-corrected chi connectivity index (χ1v) is 8.20. The van der Waals surface area contributed by atoms with Gasteiger partial charge in [-0.3, -0.25) is 14.9 Å². The van der Waals surface area contributed by atoms with Crippen LogP contribution in [0.4, 0.5) is 17.2 Å². The second-order valence-electron chi connectivity index (χ2n) is 5.71. The van der Waals surface area contributed by atoms with Crippen LogP contribution in [-0.2, 0) is 4.79 Å². The quantitative estimate of drug-likeness (QED) is 0.510. The minimum absolute atomic E-state index is 0.0407. The highest BCUT2D eigenvalue weighted by Gasteiger charge is 2.31. The third-order valence-electron chi connectivity index (χ3n) is 4.15. The number of halogens is 1. The summed E-state index contributed by atoms with van der Waals surface area (Å²) in [5, 5.41) is 13.9. The first kappa shape index (κ1) is 17.1. The first-order chi connectivity index (χ1) is 12.1. The molecule has 1 fully saturated rings. The van der Waals surface area contributed by atoms with Gasteiger partial charge in [0, 0.05) is 24.7 Å². The van der Waals surface area contributed by atoms with Gasteiger partial charge in [0.25, 0.3) is 0 Å². The van der Waals surface area contributed by atoms with Crippen molar-refractivity contribution in [2.75, 3.05) is 23.3 Å². The summed E-state index contributed by atoms with van der Waals surface area (Å²) >= 11 is 5.83. The molecule has 0 radical (unpaired) electrons. The lowest BCUT2D eigenvalue weighted by molar-refractivity contribution is -0.384. The number of anilines is 2. The fourth-order valence-electron chi connectivity index (χ4n) is 2.86. The smallest absolute Gasteiger partial charge is 0.348 e. The molecule has 0 bridgehead atoms. The molecule has 0 saturated carbocycles. The lowest BCUT2D eigenvalue weighted by Gasteiger charge is -2.31. The molecule has 1 saturated heterocycles. The molecule has 0 spiro atoms. The first-order valence-electron chi connectivity index (χ1n) is 7.82. The Kier molecular flexibility index (Phi) is 5.08. The zero-order valence-corrected chi connectivity index (χ0v) is 14.0. The van der Waals surface area contributed by atoms with Crippen LogP contribution in [0.15, 0.2) is 36.7 Å². The summed E-state index contributed by atoms with van der Waals surface area (Å²) in [4.78, 5) is 32.4. The van der Waals surface area contributed by atoms with Crippen LogP contribution in [0.25, 0.3) is 0 Å². The lowest BCUT2D eigenvalue weighted by atomic mass is 9.95. The molecule has 25 heavy (non-hydrogen) atoms. The van der Waals surface area contributed by atoms with E-state index in [0.717, 1.165) is 5.69 Å². The van der Waals surface area contributed by atoms with Gasteiger partial charge in [-0.1, -0.05) is 29.8 Å². The molecule has 0 atom stereocenters. The van der Waals surface area contributed by atoms with E-state index in [1.807, 2.05) is 30.3 Å². The summed E-state index contributed by atoms with van der Waals surface area (Å²) in [5.74, 6) is 0.0146. The maximum absolute atomic E-state index is 12.4. The average Bonchev–Trinajstić information content (AvgIpc) is 2.62. The van der Waals surface area contributed by atoms with Crippen molar-refractivity contribution in [2.45, 2.75) is 12.8 Å². The molecule has 1 N–H and O–H groups in total. The highest BCUT2D eigenvalue weighted by atomic mass is 35.5. The van der Waals surface area contributed by atoms with Crippen LogP contribution in [0.2, 0.25) is 5.15 Å². The summed E-state index contributed by atoms with van der Waals surface area (Å²) in [6, 6.07) is 9.26. The van der Waals surface area contributed by atoms with E-state index in [1.54, 1.807) is 4.90 Å². The highest BCUT2D eigenvalue weighted by molar-refractivity contribution is 6.31. The Morgan fingerprint density at radius 3 is 2.56 bits per heavy atom. The second kappa shape index (κ2) is 7.43. The van der Waals surface area contributed by atoms with Crippen LogP contribution >= 0.6 is 11.6 Å². The number of aromatic nitrogens is 2. The average molecular weight is 362 g/mol. The van der Waals surface area contributed by atoms with E-state index in [0.29, 0.717) is 25.9 Å². The number of nitrogens with zero attached hydrogens (tertiary/aromatic N) is 4. The molecule has 1 aliphatic heterocycles. The Hall–Kier alpha value is -2.74. The van der Waals surface area contributed by atoms with Gasteiger partial charge in [-0.05, 0) is 25.0 Å². The van der Waals surface area contributed by atoms with E-state index in [1.165, 1.54) is 6.33 Å². The Bertz CT molecular complexity index is 779. The zero-order chi connectivity index (χ0) is 17.8. The molecule has 0 aliphatic carbocycles. The van der Waals surface area contributed by atoms with E-state index < -0.39 is 4.92 Å². The molecule has 2 heterocycles. The van der Waals surface area contributed by atoms with Gasteiger partial charge < -0.3 is 10.2 Å². The molecule has 0 unspecified atom stereocenters. The van der Waals surface area contributed by atoms with Gasteiger partial charge in [0.05, 0.1) is 4.92 Å². The van der Waals surface area contributed by atoms with E-state index in [9.17, 15) is 14.9 Å². The predicted molar refractivity (Wildman–Crippen MR) is 93.7 cm³/mol. The normalized spacial score (nSPS) is 15.0. The van der Waals surface area contributed by atoms with Crippen LogP contribution < -0.4 is 10.2 Å². The molecule has 1 aromatic carbocycles. The number of rotatable bonds is 4. The molecule has 2 aromatic rings. The number of nitro groups is 1. The van der Waals surface area contributed by atoms with Crippen molar-refractivity contribution >= 4 is 34.7 Å². The minimum Gasteiger partial charge on any atom is -0.351 e. The molecular weight excluding hydrogens is 346 g/mol. The van der Waals surface area contributed by atoms with E-state index in [2.05, 4.69) is 15.3 Å². The Balaban J connectivity index is 1.65. The molecule has 130 valence electrons. The van der Waals surface area contributed by atoms with Crippen molar-refractivity contribution in [2.24, 2.45) is 5.92 Å². The van der Waals surface area contributed by atoms with Crippen LogP contribution in [-0.4, -0.2) is 33.9 Å². The number of carbonyl (C=O) groups excluding carboxylic acids is 1. The topological polar surface area (TPSA) is 101 Å². The van der Waals surface area contributed by atoms with Crippen LogP contribution in [0.5, 0.6) is 0 Å². The summed E-state index contributed by atoms with van der Waals surface area (Å²) in [6.07, 6.45) is 2.37. The Morgan fingerprint density at radius 1 is 1.24 bits per heavy atom. The molecule has 1 amide bonds. The van der Waals surface area contributed by atoms with Crippen LogP contribution in [0.3, 0.4) is 0 Å². The van der Waals surface area contributed by atoms with Gasteiger partial charge in [0.2, 0.25) is 16.9 Å². The van der Waals surface area contributed by atoms with Crippen molar-refractivity contribution in [1.29, 1.82) is 0 Å². The second-order valence-corrected chi connectivity index (χ2v) is 6.07. The number of nitrogens with one attached hydrogen (secondary N) is 1. The third kappa shape index (κ3) is 3.85. The standard InChI is InChI=1S/C16H16ClN5O3/c17-14-13(22(24)25)15(19-10-18-14)21-8-6-11(7-9-21)16(23)20-12-4-2-1-3-5-12/h1-5,10-11H,6-9H2,(H,20,23). The molecule has 3 rings (SSSR count). The van der Waals surface area contributed by atoms with Crippen molar-refractivity contribution in [3.05, 3.63) is 51.9 Å². The molecular formula is C16H16ClN5O3. The maximum atomic E-state index is 12.4. The van der Waals surface area contributed by atoms with Crippen molar-refractivity contribution < 1.29 is 9.72 Å². The zero-order valence-electron chi connectivity index (χ0n) is 13.3. The van der Waals surface area contributed by atoms with Crippen LogP contribution in [0, 0.1) is 16.0 Å². The van der Waals surface area contributed by atoms with E-state index in [4.69, 9.17) is 11.6 Å². The Morgan fingerprint density at radius 2 is 1.92 bits per heavy atom. The molecule has 1 aromatic heterocycles. The molecule has 1 aliphatic rings. The van der Waals surface area contributed by atoms with Gasteiger partial charge in [0.15, 0.2) is 0 Å². The van der Waals surface area contributed by atoms with Crippen molar-refractivity contribution in [3.8, 4) is 0 Å². The Labute approximate surface area is 149 Å². The summed E-state index contributed by atoms with van der Waals surface area (Å²) < 4.78 is 0. The number of benzene rings is 1. The number of para-hydroxylation sites is 1. The number of amides is 1. The number of hydrogen-bond acceptors (Lipinski definition) is 6. The van der Waals surface area contributed by atoms with Gasteiger partial charge in [0.1, 0.15) is 6.33 Å². The summed E-state index contributed by atoms with van der Waals surface area (Å²) in [6.45, 7) is 0.974. The van der Waals surface area contributed by atoms with E-state index >= 15 is 0 Å². The molecule has 9 heteroatoms. The predicted octanol–water partition coefficient (Wildman–Crippen LogP) is 2.89. The van der Waals surface area contributed by atoms with Gasteiger partial charge >= 0.3 is 5.69 Å². The van der Waals surface area contributed by atoms with E-state index in [-0.39, 0.29) is 28.5 Å². The van der Waals surface area contributed by atoms with Gasteiger partial charge in [-0.2, -0.15) is 0 Å². The summed E-state index contributed by atoms with van der Waals surface area (Å²) in [7, 11) is 0. The van der Waals surface area contributed by atoms with Gasteiger partial charge in [-0.15, -0.1) is 0 Å². The SMILES string of the molecule is O=C(Nc1ccccc1)C1CCN(c2ncnc(Cl)c2[N+](=O)[O-])CC1. The number of carbonyl (C=O) groups is 1. The minimum atomic E-state index is -0.578. The maximum Gasteiger partial charge on any atom is 0.348 e. The number of piperidine rings is 1. The van der Waals surface area contributed by atoms with Crippen molar-refractivity contribution in [1.82, 2.24) is 9.97 Å². The highest BCUT2D eigenvalue weighted by Crippen LogP contribution is 2.33. The van der Waals surface area contributed by atoms with Crippen molar-refractivity contribution in [3.63, 3.8) is 0 Å². The largest absolute Gasteiger partial charge is 0.351 e.